The number of aromatic nitrogens is 4. The Labute approximate surface area is 180 Å². The van der Waals surface area contributed by atoms with E-state index in [0.717, 1.165) is 50.1 Å². The van der Waals surface area contributed by atoms with Crippen LogP contribution in [0.2, 0.25) is 0 Å². The molecule has 2 amide bonds. The van der Waals surface area contributed by atoms with E-state index in [2.05, 4.69) is 36.1 Å². The summed E-state index contributed by atoms with van der Waals surface area (Å²) in [7, 11) is 1.54. The maximum atomic E-state index is 12.2. The standard InChI is InChI=1S/C21H27N7O3/c1-11-16(10-23-18(24-11)19(29)22-2)25-17-6-15(27-28-17)13-3-4-14(5-13)31-20(30)26-21-7-12(8-21)9-21/h6,10,12-14H,3-5,7-9H2,1-2H3,(H,22,29)(H,26,30)(H2,25,27,28)/t12?,13-,14+,21?/m0/s1. The van der Waals surface area contributed by atoms with Crippen LogP contribution in [0.1, 0.15) is 66.4 Å². The summed E-state index contributed by atoms with van der Waals surface area (Å²) in [6.45, 7) is 1.81. The number of nitrogens with zero attached hydrogens (tertiary/aromatic N) is 3. The molecule has 10 nitrogen and oxygen atoms in total. The van der Waals surface area contributed by atoms with Gasteiger partial charge in [0.05, 0.1) is 17.6 Å². The van der Waals surface area contributed by atoms with E-state index in [1.54, 1.807) is 20.2 Å². The first-order valence-corrected chi connectivity index (χ1v) is 10.8. The third kappa shape index (κ3) is 3.82. The van der Waals surface area contributed by atoms with Gasteiger partial charge in [-0.1, -0.05) is 0 Å². The SMILES string of the molecule is CNC(=O)c1ncc(Nc2cc([C@H]3CC[C@@H](OC(=O)NC45CC(C4)C5)C3)[nH]n2)c(C)n1. The lowest BCUT2D eigenvalue weighted by atomic mass is 9.50. The van der Waals surface area contributed by atoms with Crippen LogP contribution in [0.5, 0.6) is 0 Å². The number of aromatic amines is 1. The van der Waals surface area contributed by atoms with Gasteiger partial charge >= 0.3 is 6.09 Å². The van der Waals surface area contributed by atoms with Crippen LogP contribution >= 0.6 is 0 Å². The number of hydrogen-bond donors (Lipinski definition) is 4. The molecule has 0 spiro atoms. The maximum absolute atomic E-state index is 12.2. The number of anilines is 2. The molecule has 6 rings (SSSR count). The second-order valence-corrected chi connectivity index (χ2v) is 9.03. The molecule has 0 saturated heterocycles. The Kier molecular flexibility index (Phi) is 4.79. The molecule has 4 fully saturated rings. The molecule has 4 saturated carbocycles. The van der Waals surface area contributed by atoms with E-state index in [1.807, 2.05) is 6.07 Å². The molecule has 4 N–H and O–H groups in total. The predicted molar refractivity (Wildman–Crippen MR) is 112 cm³/mol. The third-order valence-electron chi connectivity index (χ3n) is 6.77. The lowest BCUT2D eigenvalue weighted by molar-refractivity contribution is -0.0506. The van der Waals surface area contributed by atoms with Crippen molar-refractivity contribution in [2.24, 2.45) is 5.92 Å². The maximum Gasteiger partial charge on any atom is 0.407 e. The molecule has 0 aromatic carbocycles. The molecule has 164 valence electrons. The zero-order valence-corrected chi connectivity index (χ0v) is 17.7. The van der Waals surface area contributed by atoms with Gasteiger partial charge in [-0.3, -0.25) is 9.89 Å². The highest BCUT2D eigenvalue weighted by Gasteiger charge is 2.57. The fourth-order valence-electron chi connectivity index (χ4n) is 4.92. The van der Waals surface area contributed by atoms with E-state index in [-0.39, 0.29) is 35.4 Å². The minimum Gasteiger partial charge on any atom is -0.446 e. The summed E-state index contributed by atoms with van der Waals surface area (Å²) in [4.78, 5) is 32.2. The number of ether oxygens (including phenoxy) is 1. The number of carbonyl (C=O) groups excluding carboxylic acids is 2. The lowest BCUT2D eigenvalue weighted by Gasteiger charge is -2.61. The van der Waals surface area contributed by atoms with Crippen molar-refractivity contribution in [3.8, 4) is 0 Å². The summed E-state index contributed by atoms with van der Waals surface area (Å²) in [5.74, 6) is 1.54. The molecule has 2 heterocycles. The van der Waals surface area contributed by atoms with Crippen LogP contribution in [0, 0.1) is 12.8 Å². The Hall–Kier alpha value is -3.17. The van der Waals surface area contributed by atoms with E-state index in [9.17, 15) is 9.59 Å². The number of alkyl carbamates (subject to hydrolysis) is 1. The van der Waals surface area contributed by atoms with Gasteiger partial charge < -0.3 is 20.7 Å². The lowest BCUT2D eigenvalue weighted by Crippen LogP contribution is -2.68. The van der Waals surface area contributed by atoms with E-state index in [1.165, 1.54) is 0 Å². The van der Waals surface area contributed by atoms with Crippen molar-refractivity contribution in [1.29, 1.82) is 0 Å². The Bertz CT molecular complexity index is 1000. The molecular weight excluding hydrogens is 398 g/mol. The highest BCUT2D eigenvalue weighted by atomic mass is 16.6. The highest BCUT2D eigenvalue weighted by molar-refractivity contribution is 5.90. The Morgan fingerprint density at radius 3 is 2.74 bits per heavy atom. The smallest absolute Gasteiger partial charge is 0.407 e. The first-order chi connectivity index (χ1) is 14.9. The van der Waals surface area contributed by atoms with Crippen molar-refractivity contribution in [2.75, 3.05) is 12.4 Å². The van der Waals surface area contributed by atoms with E-state index >= 15 is 0 Å². The average molecular weight is 425 g/mol. The number of carbonyl (C=O) groups is 2. The summed E-state index contributed by atoms with van der Waals surface area (Å²) in [6.07, 6.45) is 7.14. The van der Waals surface area contributed by atoms with Crippen LogP contribution in [-0.2, 0) is 4.74 Å². The van der Waals surface area contributed by atoms with Crippen molar-refractivity contribution in [3.05, 3.63) is 29.5 Å². The van der Waals surface area contributed by atoms with Crippen LogP contribution < -0.4 is 16.0 Å². The van der Waals surface area contributed by atoms with Crippen LogP contribution in [0.3, 0.4) is 0 Å². The summed E-state index contributed by atoms with van der Waals surface area (Å²) in [5.41, 5.74) is 2.39. The molecule has 4 aliphatic rings. The van der Waals surface area contributed by atoms with Gasteiger partial charge in [0, 0.05) is 30.3 Å². The predicted octanol–water partition coefficient (Wildman–Crippen LogP) is 2.53. The topological polar surface area (TPSA) is 134 Å². The summed E-state index contributed by atoms with van der Waals surface area (Å²) in [6, 6.07) is 1.96. The molecule has 2 aromatic heterocycles. The van der Waals surface area contributed by atoms with Gasteiger partial charge in [-0.05, 0) is 51.4 Å². The van der Waals surface area contributed by atoms with Crippen LogP contribution in [-0.4, -0.2) is 50.9 Å². The molecule has 2 aromatic rings. The highest BCUT2D eigenvalue weighted by Crippen LogP contribution is 2.57. The molecule has 2 atom stereocenters. The molecule has 0 unspecified atom stereocenters. The van der Waals surface area contributed by atoms with Gasteiger partial charge in [-0.25, -0.2) is 14.8 Å². The molecule has 0 aliphatic heterocycles. The first kappa shape index (κ1) is 19.8. The number of rotatable bonds is 6. The zero-order chi connectivity index (χ0) is 21.6. The molecular formula is C21H27N7O3. The number of amides is 2. The third-order valence-corrected chi connectivity index (χ3v) is 6.77. The average Bonchev–Trinajstić information content (AvgIpc) is 3.34. The summed E-state index contributed by atoms with van der Waals surface area (Å²) < 4.78 is 5.67. The largest absolute Gasteiger partial charge is 0.446 e. The van der Waals surface area contributed by atoms with Crippen LogP contribution in [0.15, 0.2) is 12.3 Å². The molecule has 10 heteroatoms. The van der Waals surface area contributed by atoms with Gasteiger partial charge in [0.2, 0.25) is 5.82 Å². The van der Waals surface area contributed by atoms with Crippen molar-refractivity contribution in [2.45, 2.75) is 63.0 Å². The summed E-state index contributed by atoms with van der Waals surface area (Å²) >= 11 is 0. The number of H-pyrrole nitrogens is 1. The van der Waals surface area contributed by atoms with Crippen molar-refractivity contribution >= 4 is 23.5 Å². The Morgan fingerprint density at radius 2 is 2.06 bits per heavy atom. The van der Waals surface area contributed by atoms with Gasteiger partial charge in [0.15, 0.2) is 5.82 Å². The molecule has 31 heavy (non-hydrogen) atoms. The minimum absolute atomic E-state index is 0.0457. The van der Waals surface area contributed by atoms with Gasteiger partial charge in [0.25, 0.3) is 5.91 Å². The second-order valence-electron chi connectivity index (χ2n) is 9.03. The minimum atomic E-state index is -0.326. The van der Waals surface area contributed by atoms with E-state index in [4.69, 9.17) is 4.74 Å². The fraction of sp³-hybridized carbons (Fsp3) is 0.571. The normalized spacial score (nSPS) is 28.3. The van der Waals surface area contributed by atoms with Gasteiger partial charge in [-0.2, -0.15) is 5.10 Å². The summed E-state index contributed by atoms with van der Waals surface area (Å²) in [5, 5.41) is 16.2. The van der Waals surface area contributed by atoms with Gasteiger partial charge in [0.1, 0.15) is 6.10 Å². The van der Waals surface area contributed by atoms with Crippen molar-refractivity contribution < 1.29 is 14.3 Å². The van der Waals surface area contributed by atoms with Gasteiger partial charge in [-0.15, -0.1) is 0 Å². The fourth-order valence-corrected chi connectivity index (χ4v) is 4.92. The van der Waals surface area contributed by atoms with E-state index < -0.39 is 0 Å². The number of hydrogen-bond acceptors (Lipinski definition) is 7. The monoisotopic (exact) mass is 425 g/mol. The first-order valence-electron chi connectivity index (χ1n) is 10.8. The van der Waals surface area contributed by atoms with Crippen molar-refractivity contribution in [1.82, 2.24) is 30.8 Å². The Morgan fingerprint density at radius 1 is 1.26 bits per heavy atom. The number of nitrogens with one attached hydrogen (secondary N) is 4. The molecule has 2 bridgehead atoms. The van der Waals surface area contributed by atoms with Crippen LogP contribution in [0.4, 0.5) is 16.3 Å². The zero-order valence-electron chi connectivity index (χ0n) is 17.7. The Balaban J connectivity index is 1.15. The second kappa shape index (κ2) is 7.51. The van der Waals surface area contributed by atoms with Crippen molar-refractivity contribution in [3.63, 3.8) is 0 Å². The van der Waals surface area contributed by atoms with Crippen LogP contribution in [0.25, 0.3) is 0 Å². The van der Waals surface area contributed by atoms with E-state index in [0.29, 0.717) is 17.2 Å². The number of aryl methyl sites for hydroxylation is 1. The molecule has 0 radical (unpaired) electrons. The quantitative estimate of drug-likeness (QED) is 0.559. The molecule has 4 aliphatic carbocycles.